The molecule has 2 aromatic rings. The Morgan fingerprint density at radius 1 is 1.16 bits per heavy atom. The maximum Gasteiger partial charge on any atom is 0.0312 e. The van der Waals surface area contributed by atoms with Gasteiger partial charge in [0.15, 0.2) is 0 Å². The topological polar surface area (TPSA) is 24.9 Å². The molecule has 0 unspecified atom stereocenters. The van der Waals surface area contributed by atoms with Gasteiger partial charge < -0.3 is 5.32 Å². The molecule has 1 aromatic heterocycles. The van der Waals surface area contributed by atoms with E-state index in [0.717, 1.165) is 24.6 Å². The molecule has 0 saturated carbocycles. The monoisotopic (exact) mass is 272 g/mol. The molecule has 0 aliphatic carbocycles. The van der Waals surface area contributed by atoms with Crippen LogP contribution in [-0.4, -0.2) is 17.3 Å². The van der Waals surface area contributed by atoms with E-state index in [2.05, 4.69) is 47.6 Å². The average molecular weight is 272 g/mol. The molecule has 0 fully saturated rings. The van der Waals surface area contributed by atoms with Crippen LogP contribution in [0.5, 0.6) is 0 Å². The second kappa shape index (κ2) is 7.97. The van der Waals surface area contributed by atoms with E-state index in [0.29, 0.717) is 0 Å². The van der Waals surface area contributed by atoms with Crippen molar-refractivity contribution in [2.75, 3.05) is 12.3 Å². The van der Waals surface area contributed by atoms with Gasteiger partial charge in [-0.15, -0.1) is 0 Å². The molecule has 1 heterocycles. The Hall–Kier alpha value is -1.32. The number of hydrogen-bond donors (Lipinski definition) is 1. The van der Waals surface area contributed by atoms with Crippen molar-refractivity contribution in [3.05, 3.63) is 65.5 Å². The van der Waals surface area contributed by atoms with E-state index in [1.165, 1.54) is 16.7 Å². The Kier molecular flexibility index (Phi) is 5.92. The Balaban J connectivity index is 1.59. The van der Waals surface area contributed by atoms with Crippen molar-refractivity contribution in [2.45, 2.75) is 19.2 Å². The summed E-state index contributed by atoms with van der Waals surface area (Å²) >= 11 is 1.98. The summed E-state index contributed by atoms with van der Waals surface area (Å²) in [4.78, 5) is 4.10. The lowest BCUT2D eigenvalue weighted by atomic mass is 10.1. The highest BCUT2D eigenvalue weighted by molar-refractivity contribution is 7.98. The summed E-state index contributed by atoms with van der Waals surface area (Å²) in [6.07, 6.45) is 3.72. The fourth-order valence-electron chi connectivity index (χ4n) is 1.83. The number of pyridine rings is 1. The zero-order valence-corrected chi connectivity index (χ0v) is 12.1. The zero-order valence-electron chi connectivity index (χ0n) is 11.3. The van der Waals surface area contributed by atoms with Gasteiger partial charge in [-0.05, 0) is 29.7 Å². The molecule has 100 valence electrons. The molecule has 0 atom stereocenters. The molecular formula is C16H20N2S. The van der Waals surface area contributed by atoms with Crippen molar-refractivity contribution in [2.24, 2.45) is 0 Å². The summed E-state index contributed by atoms with van der Waals surface area (Å²) in [5.41, 5.74) is 4.07. The number of thioether (sulfide) groups is 1. The smallest absolute Gasteiger partial charge is 0.0312 e. The van der Waals surface area contributed by atoms with Crippen molar-refractivity contribution in [1.29, 1.82) is 0 Å². The van der Waals surface area contributed by atoms with Crippen molar-refractivity contribution < 1.29 is 0 Å². The number of rotatable bonds is 7. The van der Waals surface area contributed by atoms with Crippen LogP contribution in [0.2, 0.25) is 0 Å². The molecule has 19 heavy (non-hydrogen) atoms. The van der Waals surface area contributed by atoms with Gasteiger partial charge >= 0.3 is 0 Å². The predicted molar refractivity (Wildman–Crippen MR) is 83.3 cm³/mol. The Morgan fingerprint density at radius 2 is 2.05 bits per heavy atom. The summed E-state index contributed by atoms with van der Waals surface area (Å²) < 4.78 is 0. The highest BCUT2D eigenvalue weighted by atomic mass is 32.2. The van der Waals surface area contributed by atoms with Crippen molar-refractivity contribution in [3.8, 4) is 0 Å². The molecule has 2 rings (SSSR count). The second-order valence-electron chi connectivity index (χ2n) is 4.52. The van der Waals surface area contributed by atoms with Crippen LogP contribution in [0.1, 0.15) is 16.7 Å². The van der Waals surface area contributed by atoms with E-state index < -0.39 is 0 Å². The van der Waals surface area contributed by atoms with Crippen molar-refractivity contribution in [1.82, 2.24) is 10.3 Å². The number of hydrogen-bond acceptors (Lipinski definition) is 3. The molecule has 0 amide bonds. The molecule has 2 nitrogen and oxygen atoms in total. The van der Waals surface area contributed by atoms with E-state index in [1.54, 1.807) is 0 Å². The van der Waals surface area contributed by atoms with Crippen LogP contribution in [0.3, 0.4) is 0 Å². The first-order valence-corrected chi connectivity index (χ1v) is 7.73. The van der Waals surface area contributed by atoms with Gasteiger partial charge in [0.1, 0.15) is 0 Å². The average Bonchev–Trinajstić information content (AvgIpc) is 2.45. The van der Waals surface area contributed by atoms with Gasteiger partial charge in [0.25, 0.3) is 0 Å². The zero-order chi connectivity index (χ0) is 13.3. The van der Waals surface area contributed by atoms with Crippen LogP contribution in [0, 0.1) is 6.92 Å². The second-order valence-corrected chi connectivity index (χ2v) is 5.62. The minimum absolute atomic E-state index is 0.902. The van der Waals surface area contributed by atoms with E-state index in [9.17, 15) is 0 Å². The number of aryl methyl sites for hydroxylation is 1. The van der Waals surface area contributed by atoms with E-state index in [-0.39, 0.29) is 0 Å². The molecule has 0 spiro atoms. The molecule has 0 saturated heterocycles. The number of benzene rings is 1. The first kappa shape index (κ1) is 14.1. The third-order valence-electron chi connectivity index (χ3n) is 2.99. The fraction of sp³-hybridized carbons (Fsp3) is 0.312. The van der Waals surface area contributed by atoms with Gasteiger partial charge in [0.05, 0.1) is 0 Å². The summed E-state index contributed by atoms with van der Waals surface area (Å²) in [6.45, 7) is 4.11. The first-order valence-electron chi connectivity index (χ1n) is 6.58. The van der Waals surface area contributed by atoms with Gasteiger partial charge in [-0.1, -0.05) is 30.3 Å². The van der Waals surface area contributed by atoms with Gasteiger partial charge in [-0.3, -0.25) is 4.98 Å². The largest absolute Gasteiger partial charge is 0.312 e. The molecule has 1 N–H and O–H groups in total. The quantitative estimate of drug-likeness (QED) is 0.782. The fourth-order valence-corrected chi connectivity index (χ4v) is 2.81. The van der Waals surface area contributed by atoms with Gasteiger partial charge in [0.2, 0.25) is 0 Å². The summed E-state index contributed by atoms with van der Waals surface area (Å²) in [5.74, 6) is 2.23. The number of nitrogens with one attached hydrogen (secondary N) is 1. The lowest BCUT2D eigenvalue weighted by molar-refractivity contribution is 0.729. The predicted octanol–water partition coefficient (Wildman–Crippen LogP) is 3.41. The third kappa shape index (κ3) is 5.05. The standard InChI is InChI=1S/C16H20N2S/c1-14-5-2-3-7-16(14)13-19-10-9-18-12-15-6-4-8-17-11-15/h2-8,11,18H,9-10,12-13H2,1H3. The first-order chi connectivity index (χ1) is 9.36. The lowest BCUT2D eigenvalue weighted by Gasteiger charge is -2.06. The van der Waals surface area contributed by atoms with Crippen molar-refractivity contribution >= 4 is 11.8 Å². The molecule has 0 aliphatic heterocycles. The Bertz CT molecular complexity index is 485. The van der Waals surface area contributed by atoms with E-state index in [4.69, 9.17) is 0 Å². The van der Waals surface area contributed by atoms with Crippen molar-refractivity contribution in [3.63, 3.8) is 0 Å². The summed E-state index contributed by atoms with van der Waals surface area (Å²) in [5, 5.41) is 3.44. The molecular weight excluding hydrogens is 252 g/mol. The molecule has 0 aliphatic rings. The molecule has 3 heteroatoms. The normalized spacial score (nSPS) is 10.6. The van der Waals surface area contributed by atoms with Crippen LogP contribution in [-0.2, 0) is 12.3 Å². The third-order valence-corrected chi connectivity index (χ3v) is 4.00. The maximum atomic E-state index is 4.10. The lowest BCUT2D eigenvalue weighted by Crippen LogP contribution is -2.16. The molecule has 1 aromatic carbocycles. The molecule has 0 radical (unpaired) electrons. The highest BCUT2D eigenvalue weighted by Gasteiger charge is 1.97. The minimum Gasteiger partial charge on any atom is -0.312 e. The minimum atomic E-state index is 0.902. The number of nitrogens with zero attached hydrogens (tertiary/aromatic N) is 1. The Morgan fingerprint density at radius 3 is 2.84 bits per heavy atom. The van der Waals surface area contributed by atoms with Crippen LogP contribution in [0.4, 0.5) is 0 Å². The SMILES string of the molecule is Cc1ccccc1CSCCNCc1cccnc1. The summed E-state index contributed by atoms with van der Waals surface area (Å²) in [7, 11) is 0. The van der Waals surface area contributed by atoms with Crippen LogP contribution in [0.15, 0.2) is 48.8 Å². The highest BCUT2D eigenvalue weighted by Crippen LogP contribution is 2.15. The summed E-state index contributed by atoms with van der Waals surface area (Å²) in [6, 6.07) is 12.7. The van der Waals surface area contributed by atoms with Gasteiger partial charge in [-0.2, -0.15) is 11.8 Å². The maximum absolute atomic E-state index is 4.10. The van der Waals surface area contributed by atoms with Crippen LogP contribution in [0.25, 0.3) is 0 Å². The number of aromatic nitrogens is 1. The molecule has 0 bridgehead atoms. The van der Waals surface area contributed by atoms with E-state index >= 15 is 0 Å². The Labute approximate surface area is 119 Å². The van der Waals surface area contributed by atoms with Gasteiger partial charge in [-0.25, -0.2) is 0 Å². The van der Waals surface area contributed by atoms with Crippen LogP contribution < -0.4 is 5.32 Å². The van der Waals surface area contributed by atoms with Gasteiger partial charge in [0, 0.05) is 37.0 Å². The van der Waals surface area contributed by atoms with E-state index in [1.807, 2.05) is 30.2 Å². The van der Waals surface area contributed by atoms with Crippen LogP contribution >= 0.6 is 11.8 Å².